The van der Waals surface area contributed by atoms with Crippen LogP contribution in [-0.2, 0) is 6.54 Å². The monoisotopic (exact) mass is 330 g/mol. The second kappa shape index (κ2) is 6.44. The van der Waals surface area contributed by atoms with Crippen LogP contribution in [0.3, 0.4) is 0 Å². The largest absolute Gasteiger partial charge is 0.496 e. The number of nitrogens with one attached hydrogen (secondary N) is 1. The molecule has 0 aliphatic heterocycles. The van der Waals surface area contributed by atoms with Crippen molar-refractivity contribution in [2.45, 2.75) is 13.5 Å². The predicted molar refractivity (Wildman–Crippen MR) is 83.9 cm³/mol. The minimum Gasteiger partial charge on any atom is -0.496 e. The van der Waals surface area contributed by atoms with Crippen molar-refractivity contribution in [3.05, 3.63) is 57.6 Å². The lowest BCUT2D eigenvalue weighted by Crippen LogP contribution is -2.02. The molecular formula is C16H15BrN2O. The molecule has 0 heterocycles. The third kappa shape index (κ3) is 3.31. The maximum absolute atomic E-state index is 9.10. The first-order chi connectivity index (χ1) is 9.63. The first-order valence-electron chi connectivity index (χ1n) is 6.21. The van der Waals surface area contributed by atoms with Gasteiger partial charge in [-0.15, -0.1) is 0 Å². The van der Waals surface area contributed by atoms with Crippen molar-refractivity contribution >= 4 is 21.6 Å². The van der Waals surface area contributed by atoms with Crippen LogP contribution in [0, 0.1) is 18.3 Å². The van der Waals surface area contributed by atoms with E-state index in [1.165, 1.54) is 0 Å². The minimum absolute atomic E-state index is 0.637. The van der Waals surface area contributed by atoms with Gasteiger partial charge in [0.2, 0.25) is 0 Å². The Labute approximate surface area is 127 Å². The van der Waals surface area contributed by atoms with Crippen molar-refractivity contribution in [1.82, 2.24) is 0 Å². The number of hydrogen-bond acceptors (Lipinski definition) is 3. The van der Waals surface area contributed by atoms with Crippen molar-refractivity contribution in [2.75, 3.05) is 12.4 Å². The van der Waals surface area contributed by atoms with Crippen LogP contribution in [-0.4, -0.2) is 7.11 Å². The van der Waals surface area contributed by atoms with Gasteiger partial charge in [-0.3, -0.25) is 0 Å². The van der Waals surface area contributed by atoms with E-state index in [4.69, 9.17) is 10.00 Å². The van der Waals surface area contributed by atoms with Crippen molar-refractivity contribution in [3.8, 4) is 11.8 Å². The average Bonchev–Trinajstić information content (AvgIpc) is 2.45. The lowest BCUT2D eigenvalue weighted by atomic mass is 10.1. The van der Waals surface area contributed by atoms with Gasteiger partial charge in [-0.1, -0.05) is 28.1 Å². The summed E-state index contributed by atoms with van der Waals surface area (Å²) in [5.41, 5.74) is 3.71. The lowest BCUT2D eigenvalue weighted by Gasteiger charge is -2.11. The Morgan fingerprint density at radius 1 is 1.25 bits per heavy atom. The maximum atomic E-state index is 9.10. The van der Waals surface area contributed by atoms with Gasteiger partial charge in [-0.25, -0.2) is 0 Å². The molecule has 0 saturated heterocycles. The Hall–Kier alpha value is -1.99. The van der Waals surface area contributed by atoms with Crippen LogP contribution >= 0.6 is 15.9 Å². The summed E-state index contributed by atoms with van der Waals surface area (Å²) in [7, 11) is 1.67. The number of anilines is 1. The topological polar surface area (TPSA) is 45.0 Å². The third-order valence-electron chi connectivity index (χ3n) is 3.04. The molecule has 3 nitrogen and oxygen atoms in total. The molecule has 2 aromatic rings. The van der Waals surface area contributed by atoms with E-state index in [1.807, 2.05) is 31.2 Å². The van der Waals surface area contributed by atoms with Gasteiger partial charge in [-0.2, -0.15) is 5.26 Å². The maximum Gasteiger partial charge on any atom is 0.121 e. The SMILES string of the molecule is COc1ccc(CNc2cc(Br)ccc2C#N)cc1C. The second-order valence-electron chi connectivity index (χ2n) is 4.46. The molecule has 0 radical (unpaired) electrons. The molecule has 0 spiro atoms. The Balaban J connectivity index is 2.15. The molecule has 0 bridgehead atoms. The number of aryl methyl sites for hydroxylation is 1. The van der Waals surface area contributed by atoms with Crippen LogP contribution in [0.15, 0.2) is 40.9 Å². The standard InChI is InChI=1S/C16H15BrN2O/c1-11-7-12(3-6-16(11)20-2)10-19-15-8-14(17)5-4-13(15)9-18/h3-8,19H,10H2,1-2H3. The van der Waals surface area contributed by atoms with E-state index in [2.05, 4.69) is 33.4 Å². The van der Waals surface area contributed by atoms with Crippen LogP contribution in [0.2, 0.25) is 0 Å². The molecule has 20 heavy (non-hydrogen) atoms. The van der Waals surface area contributed by atoms with Crippen LogP contribution in [0.5, 0.6) is 5.75 Å². The molecule has 4 heteroatoms. The Morgan fingerprint density at radius 3 is 2.70 bits per heavy atom. The summed E-state index contributed by atoms with van der Waals surface area (Å²) in [6.45, 7) is 2.68. The fraction of sp³-hybridized carbons (Fsp3) is 0.188. The third-order valence-corrected chi connectivity index (χ3v) is 3.54. The van der Waals surface area contributed by atoms with E-state index in [0.717, 1.165) is 27.0 Å². The van der Waals surface area contributed by atoms with Crippen molar-refractivity contribution in [2.24, 2.45) is 0 Å². The fourth-order valence-corrected chi connectivity index (χ4v) is 2.37. The first-order valence-corrected chi connectivity index (χ1v) is 7.00. The quantitative estimate of drug-likeness (QED) is 0.911. The van der Waals surface area contributed by atoms with Crippen LogP contribution in [0.1, 0.15) is 16.7 Å². The minimum atomic E-state index is 0.637. The van der Waals surface area contributed by atoms with Gasteiger partial charge in [0.1, 0.15) is 11.8 Å². The molecule has 0 fully saturated rings. The summed E-state index contributed by atoms with van der Waals surface area (Å²) in [6.07, 6.45) is 0. The molecule has 102 valence electrons. The molecule has 2 aromatic carbocycles. The molecule has 0 aliphatic rings. The normalized spacial score (nSPS) is 9.90. The highest BCUT2D eigenvalue weighted by Gasteiger charge is 2.04. The molecule has 2 rings (SSSR count). The van der Waals surface area contributed by atoms with Gasteiger partial charge >= 0.3 is 0 Å². The predicted octanol–water partition coefficient (Wildman–Crippen LogP) is 4.25. The summed E-state index contributed by atoms with van der Waals surface area (Å²) in [5, 5.41) is 12.4. The summed E-state index contributed by atoms with van der Waals surface area (Å²) in [6, 6.07) is 13.8. The smallest absolute Gasteiger partial charge is 0.121 e. The molecule has 0 aromatic heterocycles. The first kappa shape index (κ1) is 14.4. The van der Waals surface area contributed by atoms with E-state index in [9.17, 15) is 0 Å². The number of hydrogen-bond donors (Lipinski definition) is 1. The van der Waals surface area contributed by atoms with E-state index in [0.29, 0.717) is 12.1 Å². The van der Waals surface area contributed by atoms with Crippen LogP contribution in [0.4, 0.5) is 5.69 Å². The Kier molecular flexibility index (Phi) is 4.65. The number of halogens is 1. The summed E-state index contributed by atoms with van der Waals surface area (Å²) < 4.78 is 6.19. The number of nitrogens with zero attached hydrogens (tertiary/aromatic N) is 1. The Bertz CT molecular complexity index is 662. The number of methoxy groups -OCH3 is 1. The van der Waals surface area contributed by atoms with Gasteiger partial charge in [0.15, 0.2) is 0 Å². The average molecular weight is 331 g/mol. The zero-order valence-corrected chi connectivity index (χ0v) is 13.0. The second-order valence-corrected chi connectivity index (χ2v) is 5.37. The Morgan fingerprint density at radius 2 is 2.05 bits per heavy atom. The zero-order valence-electron chi connectivity index (χ0n) is 11.4. The summed E-state index contributed by atoms with van der Waals surface area (Å²) in [5.74, 6) is 0.883. The highest BCUT2D eigenvalue weighted by atomic mass is 79.9. The van der Waals surface area contributed by atoms with E-state index in [-0.39, 0.29) is 0 Å². The number of ether oxygens (including phenoxy) is 1. The number of nitriles is 1. The zero-order chi connectivity index (χ0) is 14.5. The summed E-state index contributed by atoms with van der Waals surface area (Å²) in [4.78, 5) is 0. The van der Waals surface area contributed by atoms with E-state index >= 15 is 0 Å². The van der Waals surface area contributed by atoms with Crippen molar-refractivity contribution in [1.29, 1.82) is 5.26 Å². The highest BCUT2D eigenvalue weighted by Crippen LogP contribution is 2.23. The highest BCUT2D eigenvalue weighted by molar-refractivity contribution is 9.10. The molecule has 0 atom stereocenters. The van der Waals surface area contributed by atoms with Gasteiger partial charge in [-0.05, 0) is 42.3 Å². The molecule has 0 aliphatic carbocycles. The van der Waals surface area contributed by atoms with Gasteiger partial charge in [0.25, 0.3) is 0 Å². The van der Waals surface area contributed by atoms with E-state index in [1.54, 1.807) is 13.2 Å². The number of benzene rings is 2. The molecule has 0 saturated carbocycles. The molecule has 0 unspecified atom stereocenters. The molecular weight excluding hydrogens is 316 g/mol. The van der Waals surface area contributed by atoms with Crippen molar-refractivity contribution < 1.29 is 4.74 Å². The molecule has 1 N–H and O–H groups in total. The lowest BCUT2D eigenvalue weighted by molar-refractivity contribution is 0.411. The van der Waals surface area contributed by atoms with Crippen LogP contribution < -0.4 is 10.1 Å². The van der Waals surface area contributed by atoms with Gasteiger partial charge < -0.3 is 10.1 Å². The van der Waals surface area contributed by atoms with E-state index < -0.39 is 0 Å². The van der Waals surface area contributed by atoms with Crippen LogP contribution in [0.25, 0.3) is 0 Å². The van der Waals surface area contributed by atoms with Gasteiger partial charge in [0, 0.05) is 11.0 Å². The number of rotatable bonds is 4. The summed E-state index contributed by atoms with van der Waals surface area (Å²) >= 11 is 3.42. The molecule has 0 amide bonds. The fourth-order valence-electron chi connectivity index (χ4n) is 2.01. The van der Waals surface area contributed by atoms with Crippen molar-refractivity contribution in [3.63, 3.8) is 0 Å². The van der Waals surface area contributed by atoms with Gasteiger partial charge in [0.05, 0.1) is 18.4 Å².